The number of hydrogen-bond donors (Lipinski definition) is 0. The molecule has 4 heteroatoms. The van der Waals surface area contributed by atoms with Crippen LogP contribution in [-0.2, 0) is 19.0 Å². The molecule has 14 heavy (non-hydrogen) atoms. The van der Waals surface area contributed by atoms with E-state index in [-0.39, 0.29) is 24.3 Å². The molecule has 2 fully saturated rings. The van der Waals surface area contributed by atoms with Gasteiger partial charge in [0.25, 0.3) is 0 Å². The SMILES string of the molecule is CO[C@@H]1C(=O)OC2CC(C)C(O2)C1C. The average molecular weight is 200 g/mol. The second-order valence-electron chi connectivity index (χ2n) is 4.20. The van der Waals surface area contributed by atoms with Crippen LogP contribution in [0, 0.1) is 11.8 Å². The monoisotopic (exact) mass is 200 g/mol. The van der Waals surface area contributed by atoms with Crippen molar-refractivity contribution in [2.45, 2.75) is 38.8 Å². The minimum atomic E-state index is -0.479. The maximum atomic E-state index is 11.5. The minimum absolute atomic E-state index is 0.0648. The van der Waals surface area contributed by atoms with Gasteiger partial charge in [0, 0.05) is 19.4 Å². The summed E-state index contributed by atoms with van der Waals surface area (Å²) in [6.45, 7) is 4.09. The molecule has 0 N–H and O–H groups in total. The highest BCUT2D eigenvalue weighted by molar-refractivity contribution is 5.75. The number of hydrogen-bond acceptors (Lipinski definition) is 4. The van der Waals surface area contributed by atoms with Gasteiger partial charge >= 0.3 is 5.97 Å². The highest BCUT2D eigenvalue weighted by Gasteiger charge is 2.46. The quantitative estimate of drug-likeness (QED) is 0.591. The summed E-state index contributed by atoms with van der Waals surface area (Å²) in [6, 6.07) is 0. The van der Waals surface area contributed by atoms with Crippen molar-refractivity contribution < 1.29 is 19.0 Å². The molecule has 0 aromatic carbocycles. The molecule has 5 atom stereocenters. The number of carbonyl (C=O) groups excluding carboxylic acids is 1. The predicted molar refractivity (Wildman–Crippen MR) is 48.5 cm³/mol. The van der Waals surface area contributed by atoms with Gasteiger partial charge in [-0.25, -0.2) is 4.79 Å². The van der Waals surface area contributed by atoms with E-state index in [1.165, 1.54) is 7.11 Å². The Hall–Kier alpha value is -0.610. The zero-order valence-electron chi connectivity index (χ0n) is 8.73. The first-order chi connectivity index (χ1) is 6.63. The Labute approximate surface area is 83.5 Å². The molecule has 80 valence electrons. The largest absolute Gasteiger partial charge is 0.434 e. The highest BCUT2D eigenvalue weighted by atomic mass is 16.7. The maximum Gasteiger partial charge on any atom is 0.337 e. The molecule has 0 saturated carbocycles. The number of ether oxygens (including phenoxy) is 3. The number of methoxy groups -OCH3 is 1. The van der Waals surface area contributed by atoms with Crippen molar-refractivity contribution in [1.29, 1.82) is 0 Å². The van der Waals surface area contributed by atoms with Gasteiger partial charge in [0.2, 0.25) is 6.29 Å². The number of rotatable bonds is 1. The third-order valence-electron chi connectivity index (χ3n) is 3.16. The summed E-state index contributed by atoms with van der Waals surface area (Å²) >= 11 is 0. The summed E-state index contributed by atoms with van der Waals surface area (Å²) in [6.07, 6.45) is 0.0474. The van der Waals surface area contributed by atoms with E-state index in [4.69, 9.17) is 14.2 Å². The number of esters is 1. The summed E-state index contributed by atoms with van der Waals surface area (Å²) in [4.78, 5) is 11.5. The van der Waals surface area contributed by atoms with Crippen LogP contribution in [0.3, 0.4) is 0 Å². The molecule has 4 nitrogen and oxygen atoms in total. The van der Waals surface area contributed by atoms with E-state index in [1.807, 2.05) is 6.92 Å². The first-order valence-corrected chi connectivity index (χ1v) is 5.02. The van der Waals surface area contributed by atoms with Crippen molar-refractivity contribution in [1.82, 2.24) is 0 Å². The summed E-state index contributed by atoms with van der Waals surface area (Å²) in [5, 5.41) is 0. The van der Waals surface area contributed by atoms with Crippen LogP contribution >= 0.6 is 0 Å². The van der Waals surface area contributed by atoms with E-state index in [2.05, 4.69) is 6.92 Å². The molecule has 0 amide bonds. The summed E-state index contributed by atoms with van der Waals surface area (Å²) < 4.78 is 15.9. The normalized spacial score (nSPS) is 47.4. The van der Waals surface area contributed by atoms with E-state index >= 15 is 0 Å². The van der Waals surface area contributed by atoms with Crippen molar-refractivity contribution in [3.05, 3.63) is 0 Å². The topological polar surface area (TPSA) is 44.8 Å². The molecule has 0 spiro atoms. The van der Waals surface area contributed by atoms with Crippen LogP contribution in [0.2, 0.25) is 0 Å². The van der Waals surface area contributed by atoms with Crippen LogP contribution in [0.1, 0.15) is 20.3 Å². The third kappa shape index (κ3) is 1.42. The first-order valence-electron chi connectivity index (χ1n) is 5.02. The summed E-state index contributed by atoms with van der Waals surface area (Å²) in [5.41, 5.74) is 0. The van der Waals surface area contributed by atoms with Crippen molar-refractivity contribution in [3.8, 4) is 0 Å². The molecule has 4 unspecified atom stereocenters. The molecule has 2 heterocycles. The molecule has 0 aromatic heterocycles. The highest BCUT2D eigenvalue weighted by Crippen LogP contribution is 2.36. The van der Waals surface area contributed by atoms with E-state index in [1.54, 1.807) is 0 Å². The van der Waals surface area contributed by atoms with E-state index in [0.717, 1.165) is 6.42 Å². The lowest BCUT2D eigenvalue weighted by molar-refractivity contribution is -0.174. The molecule has 2 bridgehead atoms. The standard InChI is InChI=1S/C10H16O4/c1-5-4-7-13-8(5)6(2)9(12-3)10(11)14-7/h5-9H,4H2,1-3H3/t5?,6?,7?,8?,9-/m0/s1. The Morgan fingerprint density at radius 3 is 2.79 bits per heavy atom. The Balaban J connectivity index is 2.21. The Morgan fingerprint density at radius 2 is 2.14 bits per heavy atom. The average Bonchev–Trinajstić information content (AvgIpc) is 2.41. The van der Waals surface area contributed by atoms with Gasteiger partial charge in [-0.2, -0.15) is 0 Å². The van der Waals surface area contributed by atoms with Gasteiger partial charge < -0.3 is 14.2 Å². The zero-order chi connectivity index (χ0) is 10.3. The molecule has 0 radical (unpaired) electrons. The Bertz CT molecular complexity index is 240. The van der Waals surface area contributed by atoms with Gasteiger partial charge in [-0.3, -0.25) is 0 Å². The van der Waals surface area contributed by atoms with Crippen LogP contribution in [0.25, 0.3) is 0 Å². The fourth-order valence-electron chi connectivity index (χ4n) is 2.42. The minimum Gasteiger partial charge on any atom is -0.434 e. The van der Waals surface area contributed by atoms with Crippen LogP contribution in [-0.4, -0.2) is 31.6 Å². The number of carbonyl (C=O) groups is 1. The van der Waals surface area contributed by atoms with Crippen LogP contribution in [0.15, 0.2) is 0 Å². The van der Waals surface area contributed by atoms with Crippen molar-refractivity contribution >= 4 is 5.97 Å². The molecule has 2 rings (SSSR count). The van der Waals surface area contributed by atoms with Crippen molar-refractivity contribution in [2.75, 3.05) is 7.11 Å². The molecule has 0 aliphatic carbocycles. The van der Waals surface area contributed by atoms with E-state index in [9.17, 15) is 4.79 Å². The molecule has 2 saturated heterocycles. The lowest BCUT2D eigenvalue weighted by atomic mass is 9.88. The predicted octanol–water partition coefficient (Wildman–Crippen LogP) is 0.945. The smallest absolute Gasteiger partial charge is 0.337 e. The maximum absolute atomic E-state index is 11.5. The van der Waals surface area contributed by atoms with Crippen LogP contribution < -0.4 is 0 Å². The molecular formula is C10H16O4. The van der Waals surface area contributed by atoms with E-state index in [0.29, 0.717) is 5.92 Å². The fourth-order valence-corrected chi connectivity index (χ4v) is 2.42. The van der Waals surface area contributed by atoms with Gasteiger partial charge in [-0.05, 0) is 5.92 Å². The second kappa shape index (κ2) is 3.51. The summed E-state index contributed by atoms with van der Waals surface area (Å²) in [7, 11) is 1.53. The van der Waals surface area contributed by atoms with Crippen molar-refractivity contribution in [2.24, 2.45) is 11.8 Å². The zero-order valence-corrected chi connectivity index (χ0v) is 8.73. The lowest BCUT2D eigenvalue weighted by Crippen LogP contribution is -2.38. The number of fused-ring (bicyclic) bond motifs is 2. The van der Waals surface area contributed by atoms with Gasteiger partial charge in [0.05, 0.1) is 6.10 Å². The third-order valence-corrected chi connectivity index (χ3v) is 3.16. The van der Waals surface area contributed by atoms with Gasteiger partial charge in [-0.15, -0.1) is 0 Å². The molecular weight excluding hydrogens is 184 g/mol. The molecule has 2 aliphatic heterocycles. The van der Waals surface area contributed by atoms with Gasteiger partial charge in [-0.1, -0.05) is 13.8 Å². The van der Waals surface area contributed by atoms with Crippen LogP contribution in [0.5, 0.6) is 0 Å². The van der Waals surface area contributed by atoms with Gasteiger partial charge in [0.15, 0.2) is 6.10 Å². The lowest BCUT2D eigenvalue weighted by Gasteiger charge is -2.25. The summed E-state index contributed by atoms with van der Waals surface area (Å²) in [5.74, 6) is 0.204. The van der Waals surface area contributed by atoms with Crippen molar-refractivity contribution in [3.63, 3.8) is 0 Å². The molecule has 0 aromatic rings. The fraction of sp³-hybridized carbons (Fsp3) is 0.900. The Kier molecular flexibility index (Phi) is 2.49. The van der Waals surface area contributed by atoms with Crippen LogP contribution in [0.4, 0.5) is 0 Å². The van der Waals surface area contributed by atoms with E-state index < -0.39 is 6.10 Å². The van der Waals surface area contributed by atoms with Gasteiger partial charge in [0.1, 0.15) is 0 Å². The molecule has 2 aliphatic rings. The Morgan fingerprint density at radius 1 is 1.43 bits per heavy atom. The first kappa shape index (κ1) is 9.93. The second-order valence-corrected chi connectivity index (χ2v) is 4.20.